The number of carbonyl (C=O) groups excluding carboxylic acids is 1. The molecule has 1 aliphatic rings. The molecule has 0 bridgehead atoms. The SMILES string of the molecule is CC(=O)N(C)Cc1nn(C)c2c1CN(Cc1ccsc1)C2.O=C(O)C(F)(F)F.O=C(O)C(F)(F)F. The fourth-order valence-electron chi connectivity index (χ4n) is 2.75. The summed E-state index contributed by atoms with van der Waals surface area (Å²) in [7, 11) is 3.81. The van der Waals surface area contributed by atoms with Crippen LogP contribution in [0.1, 0.15) is 29.4 Å². The van der Waals surface area contributed by atoms with E-state index < -0.39 is 24.3 Å². The minimum Gasteiger partial charge on any atom is -0.475 e. The Morgan fingerprint density at radius 2 is 1.60 bits per heavy atom. The fraction of sp³-hybridized carbons (Fsp3) is 0.474. The third-order valence-electron chi connectivity index (χ3n) is 4.51. The van der Waals surface area contributed by atoms with Crippen molar-refractivity contribution >= 4 is 29.2 Å². The van der Waals surface area contributed by atoms with Crippen LogP contribution in [0.3, 0.4) is 0 Å². The van der Waals surface area contributed by atoms with E-state index in [9.17, 15) is 31.1 Å². The number of alkyl halides is 6. The molecule has 0 fully saturated rings. The maximum absolute atomic E-state index is 11.4. The average molecular weight is 532 g/mol. The van der Waals surface area contributed by atoms with E-state index in [4.69, 9.17) is 19.8 Å². The second-order valence-corrected chi connectivity index (χ2v) is 8.03. The number of fused-ring (bicyclic) bond motifs is 1. The van der Waals surface area contributed by atoms with E-state index in [0.29, 0.717) is 6.54 Å². The summed E-state index contributed by atoms with van der Waals surface area (Å²) in [6, 6.07) is 2.18. The summed E-state index contributed by atoms with van der Waals surface area (Å²) in [6.45, 7) is 5.00. The summed E-state index contributed by atoms with van der Waals surface area (Å²) in [5, 5.41) is 23.2. The van der Waals surface area contributed by atoms with Gasteiger partial charge in [-0.3, -0.25) is 14.4 Å². The molecule has 9 nitrogen and oxygen atoms in total. The first-order chi connectivity index (χ1) is 15.9. The van der Waals surface area contributed by atoms with Gasteiger partial charge < -0.3 is 15.1 Å². The molecule has 196 valence electrons. The molecule has 0 atom stereocenters. The summed E-state index contributed by atoms with van der Waals surface area (Å²) < 4.78 is 65.4. The zero-order chi connectivity index (χ0) is 27.1. The van der Waals surface area contributed by atoms with Gasteiger partial charge in [-0.15, -0.1) is 0 Å². The van der Waals surface area contributed by atoms with Gasteiger partial charge in [0.05, 0.1) is 17.9 Å². The summed E-state index contributed by atoms with van der Waals surface area (Å²) in [6.07, 6.45) is -10.2. The van der Waals surface area contributed by atoms with E-state index in [0.717, 1.165) is 25.3 Å². The Hall–Kier alpha value is -3.14. The number of halogens is 6. The van der Waals surface area contributed by atoms with Crippen molar-refractivity contribution in [3.05, 3.63) is 39.3 Å². The number of nitrogens with zero attached hydrogens (tertiary/aromatic N) is 4. The molecule has 2 N–H and O–H groups in total. The zero-order valence-corrected chi connectivity index (χ0v) is 19.5. The third kappa shape index (κ3) is 9.56. The smallest absolute Gasteiger partial charge is 0.475 e. The minimum atomic E-state index is -5.08. The number of aliphatic carboxylic acids is 2. The predicted octanol–water partition coefficient (Wildman–Crippen LogP) is 3.24. The Kier molecular flexibility index (Phi) is 10.3. The molecule has 2 aromatic rings. The maximum Gasteiger partial charge on any atom is 0.490 e. The standard InChI is InChI=1S/C15H20N4OS.2C2HF3O2/c1-11(20)17(2)8-14-13-7-19(6-12-4-5-21-10-12)9-15(13)18(3)16-14;2*3-2(4,5)1(6)7/h4-5,10H,6-9H2,1-3H3;2*(H,6,7). The van der Waals surface area contributed by atoms with Gasteiger partial charge in [-0.2, -0.15) is 42.8 Å². The largest absolute Gasteiger partial charge is 0.490 e. The van der Waals surface area contributed by atoms with Gasteiger partial charge in [0, 0.05) is 46.2 Å². The van der Waals surface area contributed by atoms with Gasteiger partial charge in [0.1, 0.15) is 0 Å². The van der Waals surface area contributed by atoms with E-state index >= 15 is 0 Å². The quantitative estimate of drug-likeness (QED) is 0.581. The number of amides is 1. The van der Waals surface area contributed by atoms with Crippen LogP contribution >= 0.6 is 11.3 Å². The molecule has 1 aliphatic heterocycles. The lowest BCUT2D eigenvalue weighted by Gasteiger charge is -2.16. The molecule has 1 amide bonds. The van der Waals surface area contributed by atoms with Crippen molar-refractivity contribution in [3.63, 3.8) is 0 Å². The van der Waals surface area contributed by atoms with Crippen LogP contribution in [-0.4, -0.2) is 67.0 Å². The lowest BCUT2D eigenvalue weighted by molar-refractivity contribution is -0.193. The van der Waals surface area contributed by atoms with Crippen LogP contribution in [0, 0.1) is 0 Å². The van der Waals surface area contributed by atoms with Crippen LogP contribution in [0.15, 0.2) is 16.8 Å². The number of aromatic nitrogens is 2. The number of carbonyl (C=O) groups is 3. The van der Waals surface area contributed by atoms with Crippen LogP contribution in [0.4, 0.5) is 26.3 Å². The van der Waals surface area contributed by atoms with E-state index in [1.165, 1.54) is 16.8 Å². The molecule has 3 heterocycles. The van der Waals surface area contributed by atoms with E-state index in [1.54, 1.807) is 23.2 Å². The second-order valence-electron chi connectivity index (χ2n) is 7.25. The molecule has 0 aromatic carbocycles. The van der Waals surface area contributed by atoms with Crippen molar-refractivity contribution in [3.8, 4) is 0 Å². The van der Waals surface area contributed by atoms with Crippen molar-refractivity contribution in [1.82, 2.24) is 19.6 Å². The van der Waals surface area contributed by atoms with Crippen molar-refractivity contribution < 1.29 is 50.9 Å². The Morgan fingerprint density at radius 1 is 1.09 bits per heavy atom. The highest BCUT2D eigenvalue weighted by Crippen LogP contribution is 2.28. The summed E-state index contributed by atoms with van der Waals surface area (Å²) in [5.74, 6) is -5.44. The van der Waals surface area contributed by atoms with E-state index in [2.05, 4.69) is 26.8 Å². The van der Waals surface area contributed by atoms with Crippen LogP contribution in [0.5, 0.6) is 0 Å². The lowest BCUT2D eigenvalue weighted by atomic mass is 10.2. The molecular weight excluding hydrogens is 510 g/mol. The topological polar surface area (TPSA) is 116 Å². The maximum atomic E-state index is 11.4. The van der Waals surface area contributed by atoms with Crippen molar-refractivity contribution in [2.24, 2.45) is 7.05 Å². The van der Waals surface area contributed by atoms with Crippen LogP contribution in [-0.2, 0) is 47.6 Å². The van der Waals surface area contributed by atoms with Crippen molar-refractivity contribution in [2.45, 2.75) is 45.5 Å². The Balaban J connectivity index is 0.000000362. The Labute approximate surface area is 199 Å². The molecule has 0 radical (unpaired) electrons. The fourth-order valence-corrected chi connectivity index (χ4v) is 3.41. The first-order valence-electron chi connectivity index (χ1n) is 9.52. The zero-order valence-electron chi connectivity index (χ0n) is 18.6. The summed E-state index contributed by atoms with van der Waals surface area (Å²) in [4.78, 5) is 33.3. The number of rotatable bonds is 4. The van der Waals surface area contributed by atoms with Crippen LogP contribution in [0.2, 0.25) is 0 Å². The van der Waals surface area contributed by atoms with Crippen molar-refractivity contribution in [2.75, 3.05) is 7.05 Å². The molecule has 0 unspecified atom stereocenters. The monoisotopic (exact) mass is 532 g/mol. The first kappa shape index (κ1) is 29.9. The molecule has 2 aromatic heterocycles. The molecule has 3 rings (SSSR count). The van der Waals surface area contributed by atoms with Crippen LogP contribution in [0.25, 0.3) is 0 Å². The second kappa shape index (κ2) is 12.0. The predicted molar refractivity (Wildman–Crippen MR) is 110 cm³/mol. The normalized spacial score (nSPS) is 13.2. The van der Waals surface area contributed by atoms with Gasteiger partial charge in [0.2, 0.25) is 5.91 Å². The minimum absolute atomic E-state index is 0.0718. The number of carboxylic acids is 2. The van der Waals surface area contributed by atoms with Gasteiger partial charge in [0.25, 0.3) is 0 Å². The Morgan fingerprint density at radius 3 is 2.00 bits per heavy atom. The Bertz CT molecular complexity index is 996. The van der Waals surface area contributed by atoms with Gasteiger partial charge in [-0.05, 0) is 22.4 Å². The number of aryl methyl sites for hydroxylation is 1. The van der Waals surface area contributed by atoms with Gasteiger partial charge in [0.15, 0.2) is 0 Å². The van der Waals surface area contributed by atoms with Gasteiger partial charge in [-0.25, -0.2) is 9.59 Å². The summed E-state index contributed by atoms with van der Waals surface area (Å²) >= 11 is 1.74. The number of carboxylic acid groups (broad SMARTS) is 2. The number of hydrogen-bond donors (Lipinski definition) is 2. The van der Waals surface area contributed by atoms with Gasteiger partial charge >= 0.3 is 24.3 Å². The molecule has 35 heavy (non-hydrogen) atoms. The highest BCUT2D eigenvalue weighted by molar-refractivity contribution is 7.07. The molecule has 16 heteroatoms. The molecule has 0 saturated carbocycles. The molecule has 0 spiro atoms. The van der Waals surface area contributed by atoms with E-state index in [-0.39, 0.29) is 5.91 Å². The van der Waals surface area contributed by atoms with Crippen LogP contribution < -0.4 is 0 Å². The third-order valence-corrected chi connectivity index (χ3v) is 5.24. The average Bonchev–Trinajstić information content (AvgIpc) is 3.42. The molecular formula is C19H22F6N4O5S. The molecule has 0 aliphatic carbocycles. The highest BCUT2D eigenvalue weighted by Gasteiger charge is 2.38. The van der Waals surface area contributed by atoms with E-state index in [1.807, 2.05) is 18.8 Å². The highest BCUT2D eigenvalue weighted by atomic mass is 32.1. The first-order valence-corrected chi connectivity index (χ1v) is 10.5. The lowest BCUT2D eigenvalue weighted by Crippen LogP contribution is -2.24. The number of thiophene rings is 1. The van der Waals surface area contributed by atoms with Gasteiger partial charge in [-0.1, -0.05) is 0 Å². The molecule has 0 saturated heterocycles. The number of hydrogen-bond acceptors (Lipinski definition) is 6. The summed E-state index contributed by atoms with van der Waals surface area (Å²) in [5.41, 5.74) is 4.96. The van der Waals surface area contributed by atoms with Crippen molar-refractivity contribution in [1.29, 1.82) is 0 Å².